The molecule has 1 heterocycles. The third kappa shape index (κ3) is 4.01. The van der Waals surface area contributed by atoms with Gasteiger partial charge in [0.05, 0.1) is 19.1 Å². The fourth-order valence-corrected chi connectivity index (χ4v) is 2.61. The van der Waals surface area contributed by atoms with Gasteiger partial charge >= 0.3 is 29.6 Å². The number of anilines is 2. The van der Waals surface area contributed by atoms with E-state index in [2.05, 4.69) is 14.7 Å². The predicted octanol–water partition coefficient (Wildman–Crippen LogP) is 0.228. The van der Waals surface area contributed by atoms with Crippen LogP contribution in [0.25, 0.3) is 0 Å². The number of nitrogens with zero attached hydrogens (tertiary/aromatic N) is 2. The minimum atomic E-state index is -3.82. The first-order valence-electron chi connectivity index (χ1n) is 5.79. The number of hydrogen-bond donors (Lipinski definition) is 2. The van der Waals surface area contributed by atoms with Crippen molar-refractivity contribution < 1.29 is 17.9 Å². The molecule has 8 nitrogen and oxygen atoms in total. The maximum atomic E-state index is 12.3. The van der Waals surface area contributed by atoms with Crippen LogP contribution < -0.4 is 19.9 Å². The third-order valence-corrected chi connectivity index (χ3v) is 3.94. The summed E-state index contributed by atoms with van der Waals surface area (Å²) in [5, 5.41) is 0. The van der Waals surface area contributed by atoms with Crippen LogP contribution in [0, 0.1) is 0 Å². The number of nitrogens with two attached hydrogens (primary N) is 1. The van der Waals surface area contributed by atoms with Crippen LogP contribution in [0.15, 0.2) is 35.5 Å². The summed E-state index contributed by atoms with van der Waals surface area (Å²) in [4.78, 5) is 7.74. The summed E-state index contributed by atoms with van der Waals surface area (Å²) >= 11 is 0. The van der Waals surface area contributed by atoms with Crippen LogP contribution in [0.3, 0.4) is 0 Å². The third-order valence-electron chi connectivity index (χ3n) is 2.59. The Morgan fingerprint density at radius 3 is 2.27 bits per heavy atom. The van der Waals surface area contributed by atoms with E-state index in [0.717, 1.165) is 0 Å². The molecule has 1 aromatic carbocycles. The SMILES string of the molecule is COc1ncnc(NS(=O)(=O)c2ccc(N)cc2)c1OC.[NaH]. The molecule has 0 amide bonds. The molecule has 0 radical (unpaired) electrons. The molecule has 0 spiro atoms. The summed E-state index contributed by atoms with van der Waals surface area (Å²) in [6.45, 7) is 0. The van der Waals surface area contributed by atoms with E-state index in [1.807, 2.05) is 0 Å². The molecule has 0 unspecified atom stereocenters. The van der Waals surface area contributed by atoms with Gasteiger partial charge in [0.2, 0.25) is 5.75 Å². The van der Waals surface area contributed by atoms with Gasteiger partial charge in [0.1, 0.15) is 6.33 Å². The summed E-state index contributed by atoms with van der Waals surface area (Å²) in [5.74, 6) is 0.211. The number of aromatic nitrogens is 2. The fraction of sp³-hybridized carbons (Fsp3) is 0.167. The molecule has 22 heavy (non-hydrogen) atoms. The van der Waals surface area contributed by atoms with Gasteiger partial charge in [-0.1, -0.05) is 0 Å². The van der Waals surface area contributed by atoms with Gasteiger partial charge in [0, 0.05) is 5.69 Å². The molecule has 0 aliphatic heterocycles. The van der Waals surface area contributed by atoms with Crippen LogP contribution >= 0.6 is 0 Å². The van der Waals surface area contributed by atoms with Crippen LogP contribution in [-0.2, 0) is 10.0 Å². The molecule has 0 bridgehead atoms. The minimum absolute atomic E-state index is 0. The first kappa shape index (κ1) is 18.5. The molecule has 3 N–H and O–H groups in total. The molecule has 0 aliphatic rings. The van der Waals surface area contributed by atoms with Crippen molar-refractivity contribution in [3.8, 4) is 11.6 Å². The molecule has 114 valence electrons. The monoisotopic (exact) mass is 334 g/mol. The fourth-order valence-electron chi connectivity index (χ4n) is 1.59. The molecule has 1 aromatic heterocycles. The predicted molar refractivity (Wildman–Crippen MR) is 83.9 cm³/mol. The van der Waals surface area contributed by atoms with Gasteiger partial charge in [-0.05, 0) is 24.3 Å². The molecule has 2 aromatic rings. The topological polar surface area (TPSA) is 116 Å². The Bertz CT molecular complexity index is 737. The van der Waals surface area contributed by atoms with E-state index in [1.54, 1.807) is 0 Å². The van der Waals surface area contributed by atoms with Crippen molar-refractivity contribution in [2.24, 2.45) is 0 Å². The number of rotatable bonds is 5. The van der Waals surface area contributed by atoms with Crippen molar-refractivity contribution in [2.75, 3.05) is 24.7 Å². The zero-order valence-corrected chi connectivity index (χ0v) is 12.2. The molecule has 0 aliphatic carbocycles. The van der Waals surface area contributed by atoms with Crippen LogP contribution in [0.2, 0.25) is 0 Å². The van der Waals surface area contributed by atoms with Crippen LogP contribution in [-0.4, -0.2) is 62.2 Å². The summed E-state index contributed by atoms with van der Waals surface area (Å²) in [5.41, 5.74) is 6.00. The van der Waals surface area contributed by atoms with E-state index in [0.29, 0.717) is 5.69 Å². The average molecular weight is 334 g/mol. The Balaban J connectivity index is 0.00000242. The quantitative estimate of drug-likeness (QED) is 0.594. The van der Waals surface area contributed by atoms with Gasteiger partial charge in [-0.3, -0.25) is 4.72 Å². The molecule has 2 rings (SSSR count). The molecule has 0 atom stereocenters. The van der Waals surface area contributed by atoms with Crippen molar-refractivity contribution in [2.45, 2.75) is 4.90 Å². The number of hydrogen-bond acceptors (Lipinski definition) is 7. The molecule has 0 fully saturated rings. The zero-order valence-electron chi connectivity index (χ0n) is 11.4. The number of nitrogens with one attached hydrogen (secondary N) is 1. The Kier molecular flexibility index (Phi) is 6.42. The number of nitrogen functional groups attached to an aromatic ring is 1. The van der Waals surface area contributed by atoms with E-state index in [4.69, 9.17) is 15.2 Å². The second kappa shape index (κ2) is 7.63. The van der Waals surface area contributed by atoms with Crippen LogP contribution in [0.4, 0.5) is 11.5 Å². The summed E-state index contributed by atoms with van der Waals surface area (Å²) in [6, 6.07) is 5.77. The molecular weight excluding hydrogens is 319 g/mol. The molecule has 10 heteroatoms. The summed E-state index contributed by atoms with van der Waals surface area (Å²) in [6.07, 6.45) is 1.17. The molecular formula is C12H15N4NaO4S. The van der Waals surface area contributed by atoms with Crippen LogP contribution in [0.5, 0.6) is 11.6 Å². The first-order valence-corrected chi connectivity index (χ1v) is 7.27. The maximum absolute atomic E-state index is 12.3. The average Bonchev–Trinajstić information content (AvgIpc) is 2.47. The van der Waals surface area contributed by atoms with Crippen molar-refractivity contribution in [1.82, 2.24) is 9.97 Å². The number of sulfonamides is 1. The van der Waals surface area contributed by atoms with Crippen molar-refractivity contribution in [3.05, 3.63) is 30.6 Å². The van der Waals surface area contributed by atoms with Gasteiger partial charge in [0.15, 0.2) is 5.82 Å². The Labute approximate surface area is 150 Å². The van der Waals surface area contributed by atoms with Crippen molar-refractivity contribution in [3.63, 3.8) is 0 Å². The van der Waals surface area contributed by atoms with Gasteiger partial charge in [-0.15, -0.1) is 0 Å². The first-order chi connectivity index (χ1) is 9.97. The van der Waals surface area contributed by atoms with E-state index < -0.39 is 10.0 Å². The summed E-state index contributed by atoms with van der Waals surface area (Å²) in [7, 11) is -1.06. The van der Waals surface area contributed by atoms with Crippen LogP contribution in [0.1, 0.15) is 0 Å². The Morgan fingerprint density at radius 1 is 1.09 bits per heavy atom. The number of methoxy groups -OCH3 is 2. The standard InChI is InChI=1S/C12H14N4O4S.Na.H/c1-19-10-11(14-7-15-12(10)20-2)16-21(17,18)9-5-3-8(13)4-6-9;;/h3-7H,13H2,1-2H3,(H,14,15,16);;. The molecule has 0 saturated heterocycles. The normalized spacial score (nSPS) is 10.5. The number of benzene rings is 1. The zero-order chi connectivity index (χ0) is 15.5. The van der Waals surface area contributed by atoms with Gasteiger partial charge < -0.3 is 15.2 Å². The van der Waals surface area contributed by atoms with Crippen molar-refractivity contribution in [1.29, 1.82) is 0 Å². The second-order valence-electron chi connectivity index (χ2n) is 3.94. The van der Waals surface area contributed by atoms with E-state index in [1.165, 1.54) is 44.8 Å². The second-order valence-corrected chi connectivity index (χ2v) is 5.62. The number of ether oxygens (including phenoxy) is 2. The van der Waals surface area contributed by atoms with Gasteiger partial charge in [-0.25, -0.2) is 13.4 Å². The summed E-state index contributed by atoms with van der Waals surface area (Å²) < 4.78 is 36.9. The van der Waals surface area contributed by atoms with E-state index >= 15 is 0 Å². The Hall–Kier alpha value is -1.55. The van der Waals surface area contributed by atoms with Gasteiger partial charge in [-0.2, -0.15) is 4.98 Å². The van der Waals surface area contributed by atoms with E-state index in [9.17, 15) is 8.42 Å². The molecule has 0 saturated carbocycles. The van der Waals surface area contributed by atoms with Gasteiger partial charge in [0.25, 0.3) is 15.9 Å². The van der Waals surface area contributed by atoms with E-state index in [-0.39, 0.29) is 51.9 Å². The Morgan fingerprint density at radius 2 is 1.73 bits per heavy atom. The van der Waals surface area contributed by atoms with Crippen molar-refractivity contribution >= 4 is 51.1 Å².